The summed E-state index contributed by atoms with van der Waals surface area (Å²) in [6, 6.07) is 11.4. The molecule has 2 aromatic rings. The van der Waals surface area contributed by atoms with Crippen molar-refractivity contribution >= 4 is 49.5 Å². The van der Waals surface area contributed by atoms with E-state index in [2.05, 4.69) is 37.2 Å². The van der Waals surface area contributed by atoms with Crippen molar-refractivity contribution < 1.29 is 9.53 Å². The van der Waals surface area contributed by atoms with Crippen molar-refractivity contribution in [2.24, 2.45) is 0 Å². The van der Waals surface area contributed by atoms with Crippen molar-refractivity contribution in [3.63, 3.8) is 0 Å². The van der Waals surface area contributed by atoms with Crippen molar-refractivity contribution in [1.82, 2.24) is 0 Å². The van der Waals surface area contributed by atoms with E-state index in [1.807, 2.05) is 43.3 Å². The van der Waals surface area contributed by atoms with Gasteiger partial charge in [-0.1, -0.05) is 22.0 Å². The molecule has 1 amide bonds. The van der Waals surface area contributed by atoms with Crippen molar-refractivity contribution in [2.45, 2.75) is 6.92 Å². The van der Waals surface area contributed by atoms with E-state index >= 15 is 0 Å². The molecule has 0 saturated carbocycles. The van der Waals surface area contributed by atoms with Crippen LogP contribution >= 0.6 is 31.9 Å². The Hall–Kier alpha value is -1.59. The Morgan fingerprint density at radius 3 is 2.59 bits per heavy atom. The fourth-order valence-corrected chi connectivity index (χ4v) is 2.93. The lowest BCUT2D eigenvalue weighted by atomic mass is 10.2. The molecule has 0 bridgehead atoms. The third kappa shape index (κ3) is 4.45. The number of hydrogen-bond donors (Lipinski definition) is 1. The van der Waals surface area contributed by atoms with Gasteiger partial charge in [-0.15, -0.1) is 0 Å². The maximum Gasteiger partial charge on any atom is 0.248 e. The minimum Gasteiger partial charge on any atom is -0.496 e. The molecule has 0 aliphatic rings. The van der Waals surface area contributed by atoms with Crippen LogP contribution in [0.25, 0.3) is 6.08 Å². The summed E-state index contributed by atoms with van der Waals surface area (Å²) in [6.45, 7) is 1.95. The Kier molecular flexibility index (Phi) is 5.80. The molecule has 0 heterocycles. The second kappa shape index (κ2) is 7.61. The van der Waals surface area contributed by atoms with E-state index in [-0.39, 0.29) is 5.91 Å². The van der Waals surface area contributed by atoms with Crippen LogP contribution in [0.2, 0.25) is 0 Å². The molecule has 2 rings (SSSR count). The third-order valence-electron chi connectivity index (χ3n) is 3.05. The summed E-state index contributed by atoms with van der Waals surface area (Å²) in [6.07, 6.45) is 3.27. The van der Waals surface area contributed by atoms with Gasteiger partial charge in [0, 0.05) is 16.2 Å². The first-order chi connectivity index (χ1) is 10.5. The van der Waals surface area contributed by atoms with Crippen LogP contribution in [0.5, 0.6) is 5.75 Å². The van der Waals surface area contributed by atoms with Gasteiger partial charge in [-0.2, -0.15) is 0 Å². The van der Waals surface area contributed by atoms with Crippen molar-refractivity contribution in [3.8, 4) is 5.75 Å². The molecule has 0 fully saturated rings. The first-order valence-electron chi connectivity index (χ1n) is 6.58. The smallest absolute Gasteiger partial charge is 0.248 e. The number of benzene rings is 2. The van der Waals surface area contributed by atoms with Gasteiger partial charge in [0.05, 0.1) is 11.6 Å². The summed E-state index contributed by atoms with van der Waals surface area (Å²) < 4.78 is 7.01. The minimum atomic E-state index is -0.169. The maximum absolute atomic E-state index is 12.0. The summed E-state index contributed by atoms with van der Waals surface area (Å²) in [5, 5.41) is 2.86. The van der Waals surface area contributed by atoms with Gasteiger partial charge < -0.3 is 10.1 Å². The zero-order valence-corrected chi connectivity index (χ0v) is 15.4. The zero-order chi connectivity index (χ0) is 16.1. The van der Waals surface area contributed by atoms with E-state index in [9.17, 15) is 4.79 Å². The average Bonchev–Trinajstić information content (AvgIpc) is 2.48. The van der Waals surface area contributed by atoms with E-state index in [1.165, 1.54) is 6.08 Å². The molecule has 5 heteroatoms. The lowest BCUT2D eigenvalue weighted by molar-refractivity contribution is -0.111. The number of hydrogen-bond acceptors (Lipinski definition) is 2. The lowest BCUT2D eigenvalue weighted by Gasteiger charge is -2.06. The highest BCUT2D eigenvalue weighted by Gasteiger charge is 2.03. The SMILES string of the molecule is COc1ccc(/C=C/C(=O)Nc2ccc(Br)cc2C)cc1Br. The minimum absolute atomic E-state index is 0.169. The number of ether oxygens (including phenoxy) is 1. The zero-order valence-electron chi connectivity index (χ0n) is 12.2. The van der Waals surface area contributed by atoms with E-state index in [1.54, 1.807) is 13.2 Å². The number of nitrogens with one attached hydrogen (secondary N) is 1. The highest BCUT2D eigenvalue weighted by Crippen LogP contribution is 2.26. The summed E-state index contributed by atoms with van der Waals surface area (Å²) in [7, 11) is 1.61. The molecular formula is C17H15Br2NO2. The predicted molar refractivity (Wildman–Crippen MR) is 97.2 cm³/mol. The van der Waals surface area contributed by atoms with E-state index in [4.69, 9.17) is 4.74 Å². The third-order valence-corrected chi connectivity index (χ3v) is 4.16. The Morgan fingerprint density at radius 1 is 1.18 bits per heavy atom. The average molecular weight is 425 g/mol. The molecule has 0 spiro atoms. The molecule has 0 radical (unpaired) electrons. The quantitative estimate of drug-likeness (QED) is 0.686. The van der Waals surface area contributed by atoms with Gasteiger partial charge in [0.15, 0.2) is 0 Å². The topological polar surface area (TPSA) is 38.3 Å². The first-order valence-corrected chi connectivity index (χ1v) is 8.17. The van der Waals surface area contributed by atoms with Crippen LogP contribution in [0.15, 0.2) is 51.4 Å². The summed E-state index contributed by atoms with van der Waals surface area (Å²) in [5.41, 5.74) is 2.72. The molecule has 0 aromatic heterocycles. The molecular weight excluding hydrogens is 410 g/mol. The van der Waals surface area contributed by atoms with Gasteiger partial charge in [-0.25, -0.2) is 0 Å². The number of carbonyl (C=O) groups excluding carboxylic acids is 1. The molecule has 2 aromatic carbocycles. The van der Waals surface area contributed by atoms with Gasteiger partial charge >= 0.3 is 0 Å². The van der Waals surface area contributed by atoms with Crippen LogP contribution in [-0.4, -0.2) is 13.0 Å². The molecule has 0 aliphatic carbocycles. The van der Waals surface area contributed by atoms with E-state index in [0.29, 0.717) is 0 Å². The van der Waals surface area contributed by atoms with Crippen molar-refractivity contribution in [1.29, 1.82) is 0 Å². The van der Waals surface area contributed by atoms with Crippen LogP contribution in [-0.2, 0) is 4.79 Å². The summed E-state index contributed by atoms with van der Waals surface area (Å²) >= 11 is 6.82. The standard InChI is InChI=1S/C17H15Br2NO2/c1-11-9-13(18)5-6-15(11)20-17(21)8-4-12-3-7-16(22-2)14(19)10-12/h3-10H,1-2H3,(H,20,21)/b8-4+. The molecule has 3 nitrogen and oxygen atoms in total. The molecule has 0 unspecified atom stereocenters. The lowest BCUT2D eigenvalue weighted by Crippen LogP contribution is -2.08. The normalized spacial score (nSPS) is 10.7. The number of methoxy groups -OCH3 is 1. The van der Waals surface area contributed by atoms with E-state index in [0.717, 1.165) is 31.5 Å². The van der Waals surface area contributed by atoms with Crippen LogP contribution in [0.3, 0.4) is 0 Å². The Morgan fingerprint density at radius 2 is 1.95 bits per heavy atom. The molecule has 0 atom stereocenters. The number of aryl methyl sites for hydroxylation is 1. The molecule has 0 saturated heterocycles. The number of halogens is 2. The number of amides is 1. The molecule has 22 heavy (non-hydrogen) atoms. The van der Waals surface area contributed by atoms with Gasteiger partial charge in [0.2, 0.25) is 5.91 Å². The monoisotopic (exact) mass is 423 g/mol. The summed E-state index contributed by atoms with van der Waals surface area (Å²) in [4.78, 5) is 12.0. The molecule has 114 valence electrons. The van der Waals surface area contributed by atoms with Gasteiger partial charge in [0.1, 0.15) is 5.75 Å². The van der Waals surface area contributed by atoms with Gasteiger partial charge in [-0.3, -0.25) is 4.79 Å². The van der Waals surface area contributed by atoms with Crippen molar-refractivity contribution in [3.05, 3.63) is 62.5 Å². The van der Waals surface area contributed by atoms with Gasteiger partial charge in [0.25, 0.3) is 0 Å². The van der Waals surface area contributed by atoms with Crippen LogP contribution < -0.4 is 10.1 Å². The second-order valence-corrected chi connectivity index (χ2v) is 6.45. The fourth-order valence-electron chi connectivity index (χ4n) is 1.90. The number of rotatable bonds is 4. The first kappa shape index (κ1) is 16.8. The number of carbonyl (C=O) groups is 1. The summed E-state index contributed by atoms with van der Waals surface area (Å²) in [5.74, 6) is 0.587. The highest BCUT2D eigenvalue weighted by molar-refractivity contribution is 9.10. The maximum atomic E-state index is 12.0. The second-order valence-electron chi connectivity index (χ2n) is 4.68. The molecule has 1 N–H and O–H groups in total. The Labute approximate surface area is 146 Å². The van der Waals surface area contributed by atoms with Gasteiger partial charge in [-0.05, 0) is 70.4 Å². The van der Waals surface area contributed by atoms with Crippen molar-refractivity contribution in [2.75, 3.05) is 12.4 Å². The van der Waals surface area contributed by atoms with Crippen LogP contribution in [0.1, 0.15) is 11.1 Å². The fraction of sp³-hybridized carbons (Fsp3) is 0.118. The predicted octanol–water partition coefficient (Wildman–Crippen LogP) is 5.18. The Bertz CT molecular complexity index is 727. The van der Waals surface area contributed by atoms with Crippen LogP contribution in [0.4, 0.5) is 5.69 Å². The van der Waals surface area contributed by atoms with E-state index < -0.39 is 0 Å². The molecule has 0 aliphatic heterocycles. The number of anilines is 1. The van der Waals surface area contributed by atoms with Crippen LogP contribution in [0, 0.1) is 6.92 Å². The highest BCUT2D eigenvalue weighted by atomic mass is 79.9. The largest absolute Gasteiger partial charge is 0.496 e. The Balaban J connectivity index is 2.06.